The molecule has 0 amide bonds. The molecule has 64 valence electrons. The van der Waals surface area contributed by atoms with Gasteiger partial charge in [0.25, 0.3) is 0 Å². The van der Waals surface area contributed by atoms with Crippen LogP contribution in [0.15, 0.2) is 35.1 Å². The SMILES string of the molecule is CC(=O)c1cccccc1=O.Cl. The summed E-state index contributed by atoms with van der Waals surface area (Å²) < 4.78 is 0. The molecular weight excluding hydrogens is 176 g/mol. The molecule has 0 fully saturated rings. The van der Waals surface area contributed by atoms with Crippen LogP contribution in [0, 0.1) is 0 Å². The van der Waals surface area contributed by atoms with Crippen molar-refractivity contribution in [3.05, 3.63) is 46.1 Å². The zero-order valence-corrected chi connectivity index (χ0v) is 7.43. The predicted molar refractivity (Wildman–Crippen MR) is 50.0 cm³/mol. The lowest BCUT2D eigenvalue weighted by atomic mass is 10.2. The van der Waals surface area contributed by atoms with Gasteiger partial charge in [0.2, 0.25) is 0 Å². The van der Waals surface area contributed by atoms with E-state index in [4.69, 9.17) is 0 Å². The lowest BCUT2D eigenvalue weighted by Gasteiger charge is -1.84. The quantitative estimate of drug-likeness (QED) is 0.623. The summed E-state index contributed by atoms with van der Waals surface area (Å²) in [4.78, 5) is 21.8. The highest BCUT2D eigenvalue weighted by molar-refractivity contribution is 5.93. The van der Waals surface area contributed by atoms with E-state index in [1.54, 1.807) is 18.2 Å². The first-order valence-corrected chi connectivity index (χ1v) is 3.32. The summed E-state index contributed by atoms with van der Waals surface area (Å²) in [5.41, 5.74) is 0.0255. The smallest absolute Gasteiger partial charge is 0.189 e. The molecule has 0 aliphatic rings. The minimum atomic E-state index is -0.220. The zero-order valence-electron chi connectivity index (χ0n) is 6.61. The molecule has 0 aliphatic carbocycles. The molecule has 0 spiro atoms. The first-order valence-electron chi connectivity index (χ1n) is 3.32. The maximum absolute atomic E-state index is 11.0. The van der Waals surface area contributed by atoms with Gasteiger partial charge in [-0.3, -0.25) is 9.59 Å². The van der Waals surface area contributed by atoms with Crippen LogP contribution < -0.4 is 5.43 Å². The van der Waals surface area contributed by atoms with E-state index in [2.05, 4.69) is 0 Å². The van der Waals surface area contributed by atoms with Gasteiger partial charge in [-0.05, 0) is 19.1 Å². The van der Waals surface area contributed by atoms with E-state index in [-0.39, 0.29) is 29.2 Å². The number of Topliss-reactive ketones (excluding diaryl/α,β-unsaturated/α-hetero) is 1. The molecule has 1 aromatic carbocycles. The maximum Gasteiger partial charge on any atom is 0.189 e. The van der Waals surface area contributed by atoms with Gasteiger partial charge in [-0.25, -0.2) is 0 Å². The van der Waals surface area contributed by atoms with Crippen LogP contribution >= 0.6 is 12.4 Å². The van der Waals surface area contributed by atoms with Gasteiger partial charge in [0.15, 0.2) is 11.2 Å². The summed E-state index contributed by atoms with van der Waals surface area (Å²) in [5, 5.41) is 0. The van der Waals surface area contributed by atoms with E-state index in [1.807, 2.05) is 0 Å². The number of hydrogen-bond donors (Lipinski definition) is 0. The molecule has 3 heteroatoms. The van der Waals surface area contributed by atoms with Gasteiger partial charge in [-0.1, -0.05) is 18.2 Å². The topological polar surface area (TPSA) is 34.1 Å². The fourth-order valence-corrected chi connectivity index (χ4v) is 0.822. The number of hydrogen-bond acceptors (Lipinski definition) is 2. The van der Waals surface area contributed by atoms with Crippen molar-refractivity contribution >= 4 is 18.2 Å². The predicted octanol–water partition coefficient (Wildman–Crippen LogP) is 1.67. The monoisotopic (exact) mass is 184 g/mol. The van der Waals surface area contributed by atoms with Crippen molar-refractivity contribution in [2.75, 3.05) is 0 Å². The van der Waals surface area contributed by atoms with Crippen LogP contribution in [0.25, 0.3) is 0 Å². The molecule has 2 nitrogen and oxygen atoms in total. The molecule has 0 aromatic heterocycles. The van der Waals surface area contributed by atoms with Gasteiger partial charge < -0.3 is 0 Å². The Bertz CT molecular complexity index is 333. The molecule has 0 N–H and O–H groups in total. The molecule has 0 bridgehead atoms. The second kappa shape index (κ2) is 4.67. The van der Waals surface area contributed by atoms with E-state index < -0.39 is 0 Å². The van der Waals surface area contributed by atoms with Crippen LogP contribution in [0.2, 0.25) is 0 Å². The van der Waals surface area contributed by atoms with Crippen molar-refractivity contribution in [2.45, 2.75) is 6.92 Å². The van der Waals surface area contributed by atoms with Crippen LogP contribution in [0.3, 0.4) is 0 Å². The Kier molecular flexibility index (Phi) is 4.22. The third-order valence-electron chi connectivity index (χ3n) is 1.38. The minimum absolute atomic E-state index is 0. The molecule has 1 aromatic rings. The number of carbonyl (C=O) groups excluding carboxylic acids is 1. The van der Waals surface area contributed by atoms with Crippen molar-refractivity contribution in [2.24, 2.45) is 0 Å². The highest BCUT2D eigenvalue weighted by atomic mass is 35.5. The van der Waals surface area contributed by atoms with E-state index in [0.29, 0.717) is 0 Å². The fraction of sp³-hybridized carbons (Fsp3) is 0.111. The molecule has 1 rings (SSSR count). The van der Waals surface area contributed by atoms with Crippen LogP contribution in [-0.4, -0.2) is 5.78 Å². The number of halogens is 1. The Hall–Kier alpha value is -1.15. The Balaban J connectivity index is 0.00000121. The molecule has 0 aliphatic heterocycles. The molecule has 0 radical (unpaired) electrons. The summed E-state index contributed by atoms with van der Waals surface area (Å²) in [5.74, 6) is -0.189. The lowest BCUT2D eigenvalue weighted by molar-refractivity contribution is 0.101. The molecule has 0 saturated heterocycles. The number of carbonyl (C=O) groups is 1. The zero-order chi connectivity index (χ0) is 8.27. The second-order valence-electron chi connectivity index (χ2n) is 2.24. The second-order valence-corrected chi connectivity index (χ2v) is 2.24. The molecule has 12 heavy (non-hydrogen) atoms. The number of rotatable bonds is 1. The third kappa shape index (κ3) is 2.47. The van der Waals surface area contributed by atoms with Gasteiger partial charge in [0.05, 0.1) is 5.56 Å². The van der Waals surface area contributed by atoms with E-state index >= 15 is 0 Å². The first kappa shape index (κ1) is 10.8. The van der Waals surface area contributed by atoms with E-state index in [1.165, 1.54) is 19.1 Å². The molecule has 0 heterocycles. The molecular formula is C9H9ClO2. The highest BCUT2D eigenvalue weighted by Crippen LogP contribution is 1.90. The summed E-state index contributed by atoms with van der Waals surface area (Å²) in [6.45, 7) is 1.39. The Morgan fingerprint density at radius 3 is 2.33 bits per heavy atom. The largest absolute Gasteiger partial charge is 0.294 e. The van der Waals surface area contributed by atoms with Gasteiger partial charge in [-0.2, -0.15) is 0 Å². The minimum Gasteiger partial charge on any atom is -0.294 e. The van der Waals surface area contributed by atoms with Crippen molar-refractivity contribution in [3.8, 4) is 0 Å². The Morgan fingerprint density at radius 2 is 1.75 bits per heavy atom. The Labute approximate surface area is 76.6 Å². The summed E-state index contributed by atoms with van der Waals surface area (Å²) in [7, 11) is 0. The maximum atomic E-state index is 11.0. The van der Waals surface area contributed by atoms with Crippen LogP contribution in [0.4, 0.5) is 0 Å². The van der Waals surface area contributed by atoms with Gasteiger partial charge in [0, 0.05) is 0 Å². The van der Waals surface area contributed by atoms with Crippen molar-refractivity contribution in [3.63, 3.8) is 0 Å². The number of ketones is 1. The molecule has 0 atom stereocenters. The molecule has 0 saturated carbocycles. The summed E-state index contributed by atoms with van der Waals surface area (Å²) >= 11 is 0. The standard InChI is InChI=1S/C9H8O2.ClH/c1-7(10)8-5-3-2-4-6-9(8)11;/h2-6H,1H3;1H. The third-order valence-corrected chi connectivity index (χ3v) is 1.38. The highest BCUT2D eigenvalue weighted by Gasteiger charge is 1.99. The van der Waals surface area contributed by atoms with Crippen LogP contribution in [0.5, 0.6) is 0 Å². The average molecular weight is 185 g/mol. The first-order chi connectivity index (χ1) is 5.22. The normalized spacial score (nSPS) is 8.42. The van der Waals surface area contributed by atoms with Crippen molar-refractivity contribution in [1.29, 1.82) is 0 Å². The van der Waals surface area contributed by atoms with Crippen molar-refractivity contribution in [1.82, 2.24) is 0 Å². The summed E-state index contributed by atoms with van der Waals surface area (Å²) in [6, 6.07) is 7.93. The van der Waals surface area contributed by atoms with E-state index in [0.717, 1.165) is 0 Å². The van der Waals surface area contributed by atoms with Crippen LogP contribution in [-0.2, 0) is 0 Å². The van der Waals surface area contributed by atoms with Crippen LogP contribution in [0.1, 0.15) is 17.3 Å². The van der Waals surface area contributed by atoms with Crippen molar-refractivity contribution < 1.29 is 4.79 Å². The van der Waals surface area contributed by atoms with Gasteiger partial charge in [0.1, 0.15) is 0 Å². The lowest BCUT2D eigenvalue weighted by Crippen LogP contribution is -2.07. The summed E-state index contributed by atoms with van der Waals surface area (Å²) in [6.07, 6.45) is 0. The average Bonchev–Trinajstić information content (AvgIpc) is 2.13. The van der Waals surface area contributed by atoms with Gasteiger partial charge in [-0.15, -0.1) is 12.4 Å². The van der Waals surface area contributed by atoms with E-state index in [9.17, 15) is 9.59 Å². The fourth-order valence-electron chi connectivity index (χ4n) is 0.822. The van der Waals surface area contributed by atoms with Gasteiger partial charge >= 0.3 is 0 Å². The Morgan fingerprint density at radius 1 is 1.17 bits per heavy atom. The molecule has 0 unspecified atom stereocenters.